The topological polar surface area (TPSA) is 50.2 Å². The van der Waals surface area contributed by atoms with Crippen molar-refractivity contribution in [3.63, 3.8) is 0 Å². The summed E-state index contributed by atoms with van der Waals surface area (Å²) in [7, 11) is 3.61. The van der Waals surface area contributed by atoms with E-state index in [1.807, 2.05) is 20.9 Å². The van der Waals surface area contributed by atoms with Crippen LogP contribution in [0.1, 0.15) is 42.2 Å². The van der Waals surface area contributed by atoms with Crippen LogP contribution in [0.2, 0.25) is 5.15 Å². The van der Waals surface area contributed by atoms with Gasteiger partial charge in [-0.15, -0.1) is 0 Å². The summed E-state index contributed by atoms with van der Waals surface area (Å²) in [6.45, 7) is 5.84. The molecule has 0 aliphatic carbocycles. The van der Waals surface area contributed by atoms with E-state index < -0.39 is 0 Å². The van der Waals surface area contributed by atoms with Crippen LogP contribution in [0.4, 0.5) is 0 Å². The summed E-state index contributed by atoms with van der Waals surface area (Å²) in [6, 6.07) is 0.240. The molecule has 6 heteroatoms. The highest BCUT2D eigenvalue weighted by Gasteiger charge is 2.30. The van der Waals surface area contributed by atoms with E-state index in [0.717, 1.165) is 25.2 Å². The van der Waals surface area contributed by atoms with Crippen molar-refractivity contribution in [3.8, 4) is 0 Å². The summed E-state index contributed by atoms with van der Waals surface area (Å²) in [5.74, 6) is 0.142. The second kappa shape index (κ2) is 5.51. The summed E-state index contributed by atoms with van der Waals surface area (Å²) in [6.07, 6.45) is 0.983. The number of carbonyl (C=O) groups excluding carboxylic acids is 1. The van der Waals surface area contributed by atoms with Gasteiger partial charge in [-0.1, -0.05) is 25.4 Å². The first-order valence-corrected chi connectivity index (χ1v) is 7.01. The third kappa shape index (κ3) is 2.62. The molecule has 1 aromatic heterocycles. The quantitative estimate of drug-likeness (QED) is 0.918. The Labute approximate surface area is 118 Å². The number of hydrogen-bond donors (Lipinski definition) is 1. The summed E-state index contributed by atoms with van der Waals surface area (Å²) in [5.41, 5.74) is 1.32. The zero-order chi connectivity index (χ0) is 14.2. The zero-order valence-corrected chi connectivity index (χ0v) is 12.7. The van der Waals surface area contributed by atoms with Crippen LogP contribution < -0.4 is 5.32 Å². The molecule has 1 N–H and O–H groups in total. The number of likely N-dealkylation sites (N-methyl/N-ethyl adjacent to an activating group) is 1. The van der Waals surface area contributed by atoms with Crippen molar-refractivity contribution in [3.05, 3.63) is 16.4 Å². The molecule has 2 heterocycles. The first kappa shape index (κ1) is 14.3. The van der Waals surface area contributed by atoms with E-state index in [1.54, 1.807) is 16.6 Å². The molecular formula is C13H21ClN4O. The Kier molecular flexibility index (Phi) is 4.16. The molecule has 2 rings (SSSR count). The minimum Gasteiger partial charge on any atom is -0.337 e. The molecule has 1 atom stereocenters. The van der Waals surface area contributed by atoms with Gasteiger partial charge in [0.05, 0.1) is 11.3 Å². The lowest BCUT2D eigenvalue weighted by Gasteiger charge is -2.24. The summed E-state index contributed by atoms with van der Waals surface area (Å²) < 4.78 is 1.57. The smallest absolute Gasteiger partial charge is 0.258 e. The summed E-state index contributed by atoms with van der Waals surface area (Å²) >= 11 is 6.24. The fourth-order valence-corrected chi connectivity index (χ4v) is 2.65. The van der Waals surface area contributed by atoms with Crippen molar-refractivity contribution in [2.45, 2.75) is 32.2 Å². The van der Waals surface area contributed by atoms with Crippen LogP contribution in [-0.2, 0) is 7.05 Å². The lowest BCUT2D eigenvalue weighted by molar-refractivity contribution is 0.0742. The molecule has 1 saturated heterocycles. The van der Waals surface area contributed by atoms with Crippen molar-refractivity contribution in [2.75, 3.05) is 20.1 Å². The predicted octanol–water partition coefficient (Wildman–Crippen LogP) is 1.63. The van der Waals surface area contributed by atoms with Gasteiger partial charge >= 0.3 is 0 Å². The van der Waals surface area contributed by atoms with Crippen LogP contribution in [0, 0.1) is 0 Å². The van der Waals surface area contributed by atoms with Gasteiger partial charge in [0.2, 0.25) is 0 Å². The van der Waals surface area contributed by atoms with Crippen LogP contribution in [0.15, 0.2) is 0 Å². The number of aryl methyl sites for hydroxylation is 1. The molecule has 5 nitrogen and oxygen atoms in total. The highest BCUT2D eigenvalue weighted by atomic mass is 35.5. The van der Waals surface area contributed by atoms with Crippen molar-refractivity contribution in [2.24, 2.45) is 7.05 Å². The van der Waals surface area contributed by atoms with E-state index in [2.05, 4.69) is 10.4 Å². The average Bonchev–Trinajstić information content (AvgIpc) is 2.97. The van der Waals surface area contributed by atoms with Crippen LogP contribution in [0.5, 0.6) is 0 Å². The third-order valence-electron chi connectivity index (χ3n) is 3.67. The number of halogens is 1. The molecular weight excluding hydrogens is 264 g/mol. The molecule has 19 heavy (non-hydrogen) atoms. The molecule has 1 aliphatic rings. The Morgan fingerprint density at radius 3 is 2.79 bits per heavy atom. The van der Waals surface area contributed by atoms with Gasteiger partial charge in [0.25, 0.3) is 5.91 Å². The van der Waals surface area contributed by atoms with E-state index in [-0.39, 0.29) is 17.9 Å². The molecule has 1 aromatic rings. The second-order valence-corrected chi connectivity index (χ2v) is 5.75. The van der Waals surface area contributed by atoms with Crippen LogP contribution in [0.25, 0.3) is 0 Å². The van der Waals surface area contributed by atoms with Crippen LogP contribution >= 0.6 is 11.6 Å². The molecule has 0 spiro atoms. The maximum absolute atomic E-state index is 12.7. The fraction of sp³-hybridized carbons (Fsp3) is 0.692. The highest BCUT2D eigenvalue weighted by molar-refractivity contribution is 6.33. The number of amides is 1. The Morgan fingerprint density at radius 1 is 1.58 bits per heavy atom. The summed E-state index contributed by atoms with van der Waals surface area (Å²) in [5, 5.41) is 8.05. The molecule has 0 aromatic carbocycles. The molecule has 0 bridgehead atoms. The van der Waals surface area contributed by atoms with Gasteiger partial charge < -0.3 is 10.2 Å². The maximum atomic E-state index is 12.7. The van der Waals surface area contributed by atoms with E-state index in [0.29, 0.717) is 10.7 Å². The molecule has 1 amide bonds. The largest absolute Gasteiger partial charge is 0.337 e. The Hall–Kier alpha value is -1.07. The number of nitrogens with zero attached hydrogens (tertiary/aromatic N) is 3. The molecule has 106 valence electrons. The molecule has 0 saturated carbocycles. The maximum Gasteiger partial charge on any atom is 0.258 e. The Bertz CT molecular complexity index is 477. The first-order chi connectivity index (χ1) is 8.93. The van der Waals surface area contributed by atoms with Gasteiger partial charge in [-0.25, -0.2) is 0 Å². The van der Waals surface area contributed by atoms with Gasteiger partial charge in [0.1, 0.15) is 5.15 Å². The third-order valence-corrected chi connectivity index (χ3v) is 4.10. The first-order valence-electron chi connectivity index (χ1n) is 6.63. The van der Waals surface area contributed by atoms with Crippen molar-refractivity contribution < 1.29 is 4.79 Å². The van der Waals surface area contributed by atoms with Crippen molar-refractivity contribution in [1.82, 2.24) is 20.0 Å². The predicted molar refractivity (Wildman–Crippen MR) is 75.7 cm³/mol. The number of nitrogens with one attached hydrogen (secondary N) is 1. The normalized spacial score (nSPS) is 19.2. The molecule has 1 aliphatic heterocycles. The van der Waals surface area contributed by atoms with E-state index in [4.69, 9.17) is 11.6 Å². The zero-order valence-electron chi connectivity index (χ0n) is 11.9. The second-order valence-electron chi connectivity index (χ2n) is 5.39. The molecule has 1 unspecified atom stereocenters. The van der Waals surface area contributed by atoms with Gasteiger partial charge in [0, 0.05) is 26.7 Å². The lowest BCUT2D eigenvalue weighted by atomic mass is 10.0. The monoisotopic (exact) mass is 284 g/mol. The number of rotatable bonds is 3. The standard InChI is InChI=1S/C13H21ClN4O/c1-8(2)11-10(12(14)18(4)16-11)13(19)17(3)9-5-6-15-7-9/h8-9,15H,5-7H2,1-4H3. The minimum absolute atomic E-state index is 0.0319. The van der Waals surface area contributed by atoms with Gasteiger partial charge in [0.15, 0.2) is 0 Å². The van der Waals surface area contributed by atoms with Crippen molar-refractivity contribution in [1.29, 1.82) is 0 Å². The van der Waals surface area contributed by atoms with E-state index in [9.17, 15) is 4.79 Å². The number of carbonyl (C=O) groups is 1. The average molecular weight is 285 g/mol. The highest BCUT2D eigenvalue weighted by Crippen LogP contribution is 2.27. The lowest BCUT2D eigenvalue weighted by Crippen LogP contribution is -2.38. The van der Waals surface area contributed by atoms with E-state index in [1.165, 1.54) is 0 Å². The number of hydrogen-bond acceptors (Lipinski definition) is 3. The Morgan fingerprint density at radius 2 is 2.26 bits per heavy atom. The minimum atomic E-state index is -0.0319. The van der Waals surface area contributed by atoms with Gasteiger partial charge in [-0.05, 0) is 18.9 Å². The van der Waals surface area contributed by atoms with Gasteiger partial charge in [-0.3, -0.25) is 9.48 Å². The van der Waals surface area contributed by atoms with Crippen LogP contribution in [-0.4, -0.2) is 46.8 Å². The van der Waals surface area contributed by atoms with E-state index >= 15 is 0 Å². The summed E-state index contributed by atoms with van der Waals surface area (Å²) in [4.78, 5) is 14.4. The molecule has 1 fully saturated rings. The Balaban J connectivity index is 2.32. The van der Waals surface area contributed by atoms with Crippen LogP contribution in [0.3, 0.4) is 0 Å². The SMILES string of the molecule is CC(C)c1nn(C)c(Cl)c1C(=O)N(C)C1CCNC1. The van der Waals surface area contributed by atoms with Crippen molar-refractivity contribution >= 4 is 17.5 Å². The van der Waals surface area contributed by atoms with Gasteiger partial charge in [-0.2, -0.15) is 5.10 Å². The number of aromatic nitrogens is 2. The molecule has 0 radical (unpaired) electrons. The fourth-order valence-electron chi connectivity index (χ4n) is 2.44.